The number of nitrogens with two attached hydrogens (primary N) is 1. The van der Waals surface area contributed by atoms with Crippen LogP contribution in [0.15, 0.2) is 48.5 Å². The van der Waals surface area contributed by atoms with Gasteiger partial charge >= 0.3 is 0 Å². The Bertz CT molecular complexity index is 572. The normalized spacial score (nSPS) is 12.2. The van der Waals surface area contributed by atoms with Crippen LogP contribution in [0.3, 0.4) is 0 Å². The first-order chi connectivity index (χ1) is 10.1. The van der Waals surface area contributed by atoms with E-state index >= 15 is 0 Å². The topological polar surface area (TPSA) is 29.3 Å². The van der Waals surface area contributed by atoms with Gasteiger partial charge in [0.15, 0.2) is 11.6 Å². The van der Waals surface area contributed by atoms with Crippen LogP contribution in [0.5, 0.6) is 0 Å². The van der Waals surface area contributed by atoms with Crippen LogP contribution in [0.2, 0.25) is 0 Å². The van der Waals surface area contributed by atoms with E-state index in [1.165, 1.54) is 6.07 Å². The average Bonchev–Trinajstić information content (AvgIpc) is 2.51. The van der Waals surface area contributed by atoms with Crippen molar-refractivity contribution in [3.63, 3.8) is 0 Å². The fourth-order valence-electron chi connectivity index (χ4n) is 2.37. The van der Waals surface area contributed by atoms with Gasteiger partial charge in [-0.3, -0.25) is 0 Å². The minimum Gasteiger partial charge on any atom is -0.372 e. The lowest BCUT2D eigenvalue weighted by Gasteiger charge is -2.25. The maximum Gasteiger partial charge on any atom is 0.163 e. The van der Waals surface area contributed by atoms with Crippen LogP contribution in [-0.4, -0.2) is 13.1 Å². The molecule has 1 atom stereocenters. The van der Waals surface area contributed by atoms with E-state index in [1.807, 2.05) is 30.3 Å². The van der Waals surface area contributed by atoms with E-state index < -0.39 is 17.7 Å². The van der Waals surface area contributed by atoms with E-state index in [0.717, 1.165) is 18.3 Å². The summed E-state index contributed by atoms with van der Waals surface area (Å²) in [5, 5.41) is 0. The van der Waals surface area contributed by atoms with Crippen LogP contribution in [-0.2, 0) is 0 Å². The summed E-state index contributed by atoms with van der Waals surface area (Å²) < 4.78 is 26.9. The quantitative estimate of drug-likeness (QED) is 0.874. The summed E-state index contributed by atoms with van der Waals surface area (Å²) >= 11 is 0. The standard InChI is InChI=1S/C17H20F2N2/c1-2-21(13-7-4-3-5-8-13)12-11-16(20)14-9-6-10-15(18)17(14)19/h3-10,16H,2,11-12,20H2,1H3. The summed E-state index contributed by atoms with van der Waals surface area (Å²) in [6, 6.07) is 13.6. The van der Waals surface area contributed by atoms with Gasteiger partial charge in [0.2, 0.25) is 0 Å². The second kappa shape index (κ2) is 7.18. The summed E-state index contributed by atoms with van der Waals surface area (Å²) in [5.74, 6) is -1.69. The van der Waals surface area contributed by atoms with Crippen molar-refractivity contribution < 1.29 is 8.78 Å². The largest absolute Gasteiger partial charge is 0.372 e. The molecule has 2 rings (SSSR count). The number of hydrogen-bond donors (Lipinski definition) is 1. The van der Waals surface area contributed by atoms with Crippen molar-refractivity contribution in [2.75, 3.05) is 18.0 Å². The van der Waals surface area contributed by atoms with Crippen LogP contribution < -0.4 is 10.6 Å². The molecule has 0 heterocycles. The van der Waals surface area contributed by atoms with Crippen molar-refractivity contribution in [3.8, 4) is 0 Å². The lowest BCUT2D eigenvalue weighted by molar-refractivity contribution is 0.483. The second-order valence-electron chi connectivity index (χ2n) is 4.95. The number of hydrogen-bond acceptors (Lipinski definition) is 2. The van der Waals surface area contributed by atoms with Gasteiger partial charge in [0.1, 0.15) is 0 Å². The molecule has 0 aliphatic rings. The van der Waals surface area contributed by atoms with E-state index in [2.05, 4.69) is 11.8 Å². The molecular formula is C17H20F2N2. The molecule has 0 fully saturated rings. The Hall–Kier alpha value is -1.94. The zero-order valence-corrected chi connectivity index (χ0v) is 12.1. The predicted octanol–water partition coefficient (Wildman–Crippen LogP) is 3.88. The summed E-state index contributed by atoms with van der Waals surface area (Å²) in [6.07, 6.45) is 0.559. The third-order valence-corrected chi connectivity index (χ3v) is 3.59. The molecule has 21 heavy (non-hydrogen) atoms. The molecule has 112 valence electrons. The third kappa shape index (κ3) is 3.79. The molecule has 4 heteroatoms. The Balaban J connectivity index is 2.03. The third-order valence-electron chi connectivity index (χ3n) is 3.59. The number of benzene rings is 2. The molecule has 0 amide bonds. The fraction of sp³-hybridized carbons (Fsp3) is 0.294. The summed E-state index contributed by atoms with van der Waals surface area (Å²) in [7, 11) is 0. The Morgan fingerprint density at radius 1 is 1.05 bits per heavy atom. The van der Waals surface area contributed by atoms with Crippen LogP contribution in [0.4, 0.5) is 14.5 Å². The van der Waals surface area contributed by atoms with Gasteiger partial charge < -0.3 is 10.6 Å². The SMILES string of the molecule is CCN(CCC(N)c1cccc(F)c1F)c1ccccc1. The van der Waals surface area contributed by atoms with Crippen molar-refractivity contribution in [1.29, 1.82) is 0 Å². The zero-order chi connectivity index (χ0) is 15.2. The molecule has 0 saturated heterocycles. The van der Waals surface area contributed by atoms with Gasteiger partial charge in [-0.15, -0.1) is 0 Å². The van der Waals surface area contributed by atoms with Gasteiger partial charge in [-0.1, -0.05) is 30.3 Å². The van der Waals surface area contributed by atoms with Crippen molar-refractivity contribution in [2.24, 2.45) is 5.73 Å². The first kappa shape index (κ1) is 15.4. The molecule has 0 aromatic heterocycles. The average molecular weight is 290 g/mol. The first-order valence-electron chi connectivity index (χ1n) is 7.13. The monoisotopic (exact) mass is 290 g/mol. The molecule has 2 aromatic carbocycles. The lowest BCUT2D eigenvalue weighted by Crippen LogP contribution is -2.27. The molecular weight excluding hydrogens is 270 g/mol. The molecule has 0 radical (unpaired) electrons. The summed E-state index contributed by atoms with van der Waals surface area (Å²) in [4.78, 5) is 2.16. The highest BCUT2D eigenvalue weighted by Gasteiger charge is 2.15. The van der Waals surface area contributed by atoms with E-state index in [1.54, 1.807) is 6.07 Å². The Morgan fingerprint density at radius 3 is 2.43 bits per heavy atom. The van der Waals surface area contributed by atoms with E-state index in [-0.39, 0.29) is 5.56 Å². The summed E-state index contributed by atoms with van der Waals surface area (Å²) in [5.41, 5.74) is 7.35. The van der Waals surface area contributed by atoms with Gasteiger partial charge in [0, 0.05) is 30.4 Å². The number of anilines is 1. The van der Waals surface area contributed by atoms with Crippen LogP contribution >= 0.6 is 0 Å². The van der Waals surface area contributed by atoms with Gasteiger partial charge in [-0.05, 0) is 31.5 Å². The maximum atomic E-state index is 13.7. The Morgan fingerprint density at radius 2 is 1.76 bits per heavy atom. The zero-order valence-electron chi connectivity index (χ0n) is 12.1. The molecule has 0 bridgehead atoms. The Kier molecular flexibility index (Phi) is 5.28. The lowest BCUT2D eigenvalue weighted by atomic mass is 10.0. The highest BCUT2D eigenvalue weighted by Crippen LogP contribution is 2.21. The van der Waals surface area contributed by atoms with E-state index in [4.69, 9.17) is 5.73 Å². The summed E-state index contributed by atoms with van der Waals surface area (Å²) in [6.45, 7) is 3.58. The molecule has 2 nitrogen and oxygen atoms in total. The minimum absolute atomic E-state index is 0.235. The number of halogens is 2. The molecule has 2 aromatic rings. The molecule has 0 spiro atoms. The Labute approximate surface area is 124 Å². The highest BCUT2D eigenvalue weighted by atomic mass is 19.2. The first-order valence-corrected chi connectivity index (χ1v) is 7.13. The van der Waals surface area contributed by atoms with Crippen molar-refractivity contribution in [1.82, 2.24) is 0 Å². The van der Waals surface area contributed by atoms with Gasteiger partial charge in [-0.25, -0.2) is 8.78 Å². The van der Waals surface area contributed by atoms with Crippen LogP contribution in [0.1, 0.15) is 24.9 Å². The molecule has 1 unspecified atom stereocenters. The predicted molar refractivity (Wildman–Crippen MR) is 82.2 cm³/mol. The second-order valence-corrected chi connectivity index (χ2v) is 4.95. The van der Waals surface area contributed by atoms with Crippen LogP contribution in [0, 0.1) is 11.6 Å². The van der Waals surface area contributed by atoms with E-state index in [0.29, 0.717) is 13.0 Å². The van der Waals surface area contributed by atoms with Gasteiger partial charge in [-0.2, -0.15) is 0 Å². The van der Waals surface area contributed by atoms with Gasteiger partial charge in [0.05, 0.1) is 0 Å². The van der Waals surface area contributed by atoms with E-state index in [9.17, 15) is 8.78 Å². The van der Waals surface area contributed by atoms with Crippen molar-refractivity contribution in [3.05, 3.63) is 65.7 Å². The molecule has 0 aliphatic heterocycles. The number of para-hydroxylation sites is 1. The van der Waals surface area contributed by atoms with Crippen LogP contribution in [0.25, 0.3) is 0 Å². The minimum atomic E-state index is -0.849. The molecule has 0 aliphatic carbocycles. The fourth-order valence-corrected chi connectivity index (χ4v) is 2.37. The number of nitrogens with zero attached hydrogens (tertiary/aromatic N) is 1. The van der Waals surface area contributed by atoms with Gasteiger partial charge in [0.25, 0.3) is 0 Å². The van der Waals surface area contributed by atoms with Crippen molar-refractivity contribution >= 4 is 5.69 Å². The van der Waals surface area contributed by atoms with Crippen molar-refractivity contribution in [2.45, 2.75) is 19.4 Å². The maximum absolute atomic E-state index is 13.7. The molecule has 0 saturated carbocycles. The molecule has 2 N–H and O–H groups in total. The highest BCUT2D eigenvalue weighted by molar-refractivity contribution is 5.45. The number of rotatable bonds is 6. The smallest absolute Gasteiger partial charge is 0.163 e.